The summed E-state index contributed by atoms with van der Waals surface area (Å²) in [6.07, 6.45) is 2.26. The highest BCUT2D eigenvalue weighted by atomic mass is 16.5. The maximum atomic E-state index is 11.9. The number of piperazine rings is 1. The number of carbonyl (C=O) groups is 1. The molecular weight excluding hydrogens is 332 g/mol. The molecule has 2 aliphatic rings. The first-order chi connectivity index (χ1) is 12.5. The summed E-state index contributed by atoms with van der Waals surface area (Å²) in [4.78, 5) is 20.7. The first-order valence-corrected chi connectivity index (χ1v) is 9.48. The molecule has 144 valence electrons. The topological polar surface area (TPSA) is 86.0 Å². The largest absolute Gasteiger partial charge is 0.359 e. The number of aliphatic imine (C=N–C) groups is 1. The minimum absolute atomic E-state index is 0.148. The lowest BCUT2D eigenvalue weighted by atomic mass is 10.1. The highest BCUT2D eigenvalue weighted by Crippen LogP contribution is 2.18. The Morgan fingerprint density at radius 2 is 2.08 bits per heavy atom. The van der Waals surface area contributed by atoms with Crippen molar-refractivity contribution in [2.24, 2.45) is 4.99 Å². The van der Waals surface area contributed by atoms with Crippen LogP contribution in [0.4, 0.5) is 0 Å². The number of carbonyl (C=O) groups excluding carboxylic acids is 1. The summed E-state index contributed by atoms with van der Waals surface area (Å²) in [7, 11) is 1.79. The van der Waals surface area contributed by atoms with Crippen LogP contribution in [0.15, 0.2) is 15.6 Å². The normalized spacial score (nSPS) is 19.1. The molecule has 0 radical (unpaired) electrons. The van der Waals surface area contributed by atoms with E-state index >= 15 is 0 Å². The molecule has 2 N–H and O–H groups in total. The molecule has 1 aromatic heterocycles. The Kier molecular flexibility index (Phi) is 6.13. The van der Waals surface area contributed by atoms with Crippen LogP contribution in [0.25, 0.3) is 0 Å². The van der Waals surface area contributed by atoms with Gasteiger partial charge in [0.2, 0.25) is 5.91 Å². The number of aromatic nitrogens is 1. The van der Waals surface area contributed by atoms with Crippen LogP contribution >= 0.6 is 0 Å². The molecule has 0 bridgehead atoms. The maximum absolute atomic E-state index is 11.9. The second kappa shape index (κ2) is 8.53. The van der Waals surface area contributed by atoms with Crippen LogP contribution < -0.4 is 10.6 Å². The fraction of sp³-hybridized carbons (Fsp3) is 0.722. The molecule has 0 atom stereocenters. The van der Waals surface area contributed by atoms with E-state index < -0.39 is 0 Å². The Labute approximate surface area is 155 Å². The molecule has 0 unspecified atom stereocenters. The Hall–Kier alpha value is -2.09. The summed E-state index contributed by atoms with van der Waals surface area (Å²) >= 11 is 0. The summed E-state index contributed by atoms with van der Waals surface area (Å²) in [6.45, 7) is 8.67. The molecule has 1 aliphatic heterocycles. The SMILES string of the molecule is CN=C(NCc1cc(C(C)C)no1)N1CCN(CC(=O)NC2CC2)CC1. The zero-order valence-electron chi connectivity index (χ0n) is 16.0. The molecule has 26 heavy (non-hydrogen) atoms. The van der Waals surface area contributed by atoms with Crippen LogP contribution in [0, 0.1) is 0 Å². The quantitative estimate of drug-likeness (QED) is 0.574. The van der Waals surface area contributed by atoms with Gasteiger partial charge in [0.05, 0.1) is 18.8 Å². The van der Waals surface area contributed by atoms with Crippen molar-refractivity contribution >= 4 is 11.9 Å². The third kappa shape index (κ3) is 5.20. The number of nitrogens with zero attached hydrogens (tertiary/aromatic N) is 4. The molecule has 0 spiro atoms. The summed E-state index contributed by atoms with van der Waals surface area (Å²) in [6, 6.07) is 2.42. The maximum Gasteiger partial charge on any atom is 0.234 e. The fourth-order valence-electron chi connectivity index (χ4n) is 3.00. The summed E-state index contributed by atoms with van der Waals surface area (Å²) in [5.74, 6) is 2.17. The average Bonchev–Trinajstić information content (AvgIpc) is 3.29. The molecule has 1 saturated carbocycles. The second-order valence-corrected chi connectivity index (χ2v) is 7.38. The van der Waals surface area contributed by atoms with Crippen molar-refractivity contribution in [2.45, 2.75) is 45.2 Å². The van der Waals surface area contributed by atoms with E-state index in [1.165, 1.54) is 0 Å². The average molecular weight is 362 g/mol. The van der Waals surface area contributed by atoms with E-state index in [9.17, 15) is 4.79 Å². The molecule has 1 aliphatic carbocycles. The van der Waals surface area contributed by atoms with Gasteiger partial charge in [0.1, 0.15) is 0 Å². The first-order valence-electron chi connectivity index (χ1n) is 9.48. The highest BCUT2D eigenvalue weighted by Gasteiger charge is 2.26. The van der Waals surface area contributed by atoms with E-state index in [1.54, 1.807) is 7.05 Å². The smallest absolute Gasteiger partial charge is 0.234 e. The molecule has 8 nitrogen and oxygen atoms in total. The van der Waals surface area contributed by atoms with E-state index in [1.807, 2.05) is 6.07 Å². The van der Waals surface area contributed by atoms with Crippen molar-refractivity contribution in [3.63, 3.8) is 0 Å². The molecule has 2 fully saturated rings. The van der Waals surface area contributed by atoms with Gasteiger partial charge in [0.15, 0.2) is 11.7 Å². The van der Waals surface area contributed by atoms with Gasteiger partial charge in [-0.15, -0.1) is 0 Å². The van der Waals surface area contributed by atoms with E-state index in [-0.39, 0.29) is 5.91 Å². The van der Waals surface area contributed by atoms with Gasteiger partial charge in [0, 0.05) is 45.3 Å². The van der Waals surface area contributed by atoms with Crippen LogP contribution in [0.1, 0.15) is 44.1 Å². The van der Waals surface area contributed by atoms with Gasteiger partial charge < -0.3 is 20.1 Å². The van der Waals surface area contributed by atoms with Crippen LogP contribution in [-0.4, -0.2) is 72.6 Å². The van der Waals surface area contributed by atoms with Crippen molar-refractivity contribution in [3.05, 3.63) is 17.5 Å². The van der Waals surface area contributed by atoms with E-state index in [2.05, 4.69) is 44.4 Å². The first kappa shape index (κ1) is 18.7. The molecule has 1 aromatic rings. The zero-order valence-corrected chi connectivity index (χ0v) is 16.0. The van der Waals surface area contributed by atoms with Crippen molar-refractivity contribution in [3.8, 4) is 0 Å². The van der Waals surface area contributed by atoms with Crippen LogP contribution in [0.2, 0.25) is 0 Å². The Balaban J connectivity index is 1.42. The Morgan fingerprint density at radius 3 is 2.65 bits per heavy atom. The van der Waals surface area contributed by atoms with Gasteiger partial charge in [-0.2, -0.15) is 0 Å². The Bertz CT molecular complexity index is 629. The predicted octanol–water partition coefficient (Wildman–Crippen LogP) is 0.770. The third-order valence-corrected chi connectivity index (χ3v) is 4.78. The van der Waals surface area contributed by atoms with Crippen LogP contribution in [-0.2, 0) is 11.3 Å². The Morgan fingerprint density at radius 1 is 1.35 bits per heavy atom. The summed E-state index contributed by atoms with van der Waals surface area (Å²) in [5, 5.41) is 10.5. The van der Waals surface area contributed by atoms with Gasteiger partial charge in [-0.25, -0.2) is 0 Å². The van der Waals surface area contributed by atoms with E-state index in [4.69, 9.17) is 4.52 Å². The highest BCUT2D eigenvalue weighted by molar-refractivity contribution is 5.80. The second-order valence-electron chi connectivity index (χ2n) is 7.38. The molecule has 0 aromatic carbocycles. The standard InChI is InChI=1S/C18H30N6O2/c1-13(2)16-10-15(26-22-16)11-20-18(19-3)24-8-6-23(7-9-24)12-17(25)21-14-4-5-14/h10,13-14H,4-9,11-12H2,1-3H3,(H,19,20)(H,21,25). The van der Waals surface area contributed by atoms with E-state index in [0.717, 1.165) is 56.4 Å². The monoisotopic (exact) mass is 362 g/mol. The van der Waals surface area contributed by atoms with Gasteiger partial charge in [0.25, 0.3) is 0 Å². The molecule has 3 rings (SSSR count). The molecule has 2 heterocycles. The number of nitrogens with one attached hydrogen (secondary N) is 2. The minimum Gasteiger partial charge on any atom is -0.359 e. The number of guanidine groups is 1. The van der Waals surface area contributed by atoms with Gasteiger partial charge in [-0.05, 0) is 18.8 Å². The lowest BCUT2D eigenvalue weighted by Gasteiger charge is -2.36. The number of hydrogen-bond donors (Lipinski definition) is 2. The van der Waals surface area contributed by atoms with Crippen molar-refractivity contribution in [1.29, 1.82) is 0 Å². The number of rotatable bonds is 6. The number of amides is 1. The third-order valence-electron chi connectivity index (χ3n) is 4.78. The summed E-state index contributed by atoms with van der Waals surface area (Å²) in [5.41, 5.74) is 0.967. The van der Waals surface area contributed by atoms with Gasteiger partial charge in [-0.3, -0.25) is 14.7 Å². The van der Waals surface area contributed by atoms with Crippen molar-refractivity contribution in [1.82, 2.24) is 25.6 Å². The van der Waals surface area contributed by atoms with Crippen LogP contribution in [0.5, 0.6) is 0 Å². The van der Waals surface area contributed by atoms with Crippen molar-refractivity contribution in [2.75, 3.05) is 39.8 Å². The summed E-state index contributed by atoms with van der Waals surface area (Å²) < 4.78 is 5.37. The lowest BCUT2D eigenvalue weighted by molar-refractivity contribution is -0.122. The minimum atomic E-state index is 0.148. The van der Waals surface area contributed by atoms with E-state index in [0.29, 0.717) is 25.0 Å². The molecule has 1 saturated heterocycles. The van der Waals surface area contributed by atoms with Gasteiger partial charge in [-0.1, -0.05) is 19.0 Å². The molecule has 8 heteroatoms. The zero-order chi connectivity index (χ0) is 18.5. The van der Waals surface area contributed by atoms with Crippen molar-refractivity contribution < 1.29 is 9.32 Å². The molecule has 1 amide bonds. The lowest BCUT2D eigenvalue weighted by Crippen LogP contribution is -2.54. The fourth-order valence-corrected chi connectivity index (χ4v) is 3.00. The number of hydrogen-bond acceptors (Lipinski definition) is 5. The molecular formula is C18H30N6O2. The van der Waals surface area contributed by atoms with Gasteiger partial charge >= 0.3 is 0 Å². The van der Waals surface area contributed by atoms with Crippen LogP contribution in [0.3, 0.4) is 0 Å². The predicted molar refractivity (Wildman–Crippen MR) is 100.0 cm³/mol.